The van der Waals surface area contributed by atoms with Crippen LogP contribution >= 0.6 is 34.8 Å². The predicted molar refractivity (Wildman–Crippen MR) is 92.4 cm³/mol. The van der Waals surface area contributed by atoms with Crippen LogP contribution in [0.2, 0.25) is 15.1 Å². The summed E-state index contributed by atoms with van der Waals surface area (Å²) in [5.74, 6) is -1.30. The van der Waals surface area contributed by atoms with Crippen molar-refractivity contribution in [1.29, 1.82) is 0 Å². The maximum Gasteiger partial charge on any atom is 0.359 e. The van der Waals surface area contributed by atoms with Crippen LogP contribution in [0.4, 0.5) is 0 Å². The smallest absolute Gasteiger partial charge is 0.359 e. The molecule has 1 heterocycles. The van der Waals surface area contributed by atoms with E-state index in [1.54, 1.807) is 0 Å². The molecule has 2 rings (SSSR count). The first-order chi connectivity index (χ1) is 11.4. The van der Waals surface area contributed by atoms with Gasteiger partial charge in [0, 0.05) is 12.7 Å². The normalized spacial score (nSPS) is 11.7. The summed E-state index contributed by atoms with van der Waals surface area (Å²) < 4.78 is 5.06. The number of hydrogen-bond donors (Lipinski definition) is 1. The first-order valence-electron chi connectivity index (χ1n) is 6.92. The minimum Gasteiger partial charge on any atom is -0.448 e. The van der Waals surface area contributed by atoms with Crippen molar-refractivity contribution < 1.29 is 14.3 Å². The highest BCUT2D eigenvalue weighted by Gasteiger charge is 2.23. The Balaban J connectivity index is 1.96. The van der Waals surface area contributed by atoms with E-state index in [2.05, 4.69) is 10.3 Å². The van der Waals surface area contributed by atoms with Gasteiger partial charge in [-0.25, -0.2) is 9.78 Å². The second kappa shape index (κ2) is 8.33. The van der Waals surface area contributed by atoms with Gasteiger partial charge in [-0.2, -0.15) is 0 Å². The maximum absolute atomic E-state index is 12.1. The van der Waals surface area contributed by atoms with Gasteiger partial charge in [0.1, 0.15) is 0 Å². The van der Waals surface area contributed by atoms with Gasteiger partial charge in [0.05, 0.1) is 15.1 Å². The van der Waals surface area contributed by atoms with Crippen LogP contribution in [-0.4, -0.2) is 23.0 Å². The number of esters is 1. The van der Waals surface area contributed by atoms with E-state index in [1.165, 1.54) is 13.1 Å². The Hall–Kier alpha value is -1.82. The van der Waals surface area contributed by atoms with E-state index in [4.69, 9.17) is 39.5 Å². The fraction of sp³-hybridized carbons (Fsp3) is 0.188. The molecule has 1 amide bonds. The van der Waals surface area contributed by atoms with Crippen molar-refractivity contribution in [2.75, 3.05) is 0 Å². The van der Waals surface area contributed by atoms with Gasteiger partial charge in [-0.15, -0.1) is 0 Å². The van der Waals surface area contributed by atoms with Gasteiger partial charge in [-0.1, -0.05) is 65.1 Å². The molecular formula is C16H13Cl3N2O3. The number of amides is 1. The Morgan fingerprint density at radius 2 is 1.83 bits per heavy atom. The summed E-state index contributed by atoms with van der Waals surface area (Å²) in [5, 5.41) is 2.67. The van der Waals surface area contributed by atoms with Crippen LogP contribution < -0.4 is 5.32 Å². The van der Waals surface area contributed by atoms with Crippen LogP contribution in [0, 0.1) is 0 Å². The summed E-state index contributed by atoms with van der Waals surface area (Å²) in [6, 6.07) is 9.35. The van der Waals surface area contributed by atoms with E-state index in [0.29, 0.717) is 6.54 Å². The highest BCUT2D eigenvalue weighted by molar-refractivity contribution is 6.48. The number of ether oxygens (including phenoxy) is 1. The Kier molecular flexibility index (Phi) is 6.43. The molecule has 0 spiro atoms. The minimum atomic E-state index is -1.02. The second-order valence-electron chi connectivity index (χ2n) is 4.83. The molecule has 0 aliphatic heterocycles. The lowest BCUT2D eigenvalue weighted by atomic mass is 10.2. The van der Waals surface area contributed by atoms with E-state index in [9.17, 15) is 9.59 Å². The molecule has 1 aromatic carbocycles. The highest BCUT2D eigenvalue weighted by atomic mass is 35.5. The molecule has 8 heteroatoms. The summed E-state index contributed by atoms with van der Waals surface area (Å²) in [6.07, 6.45) is 0.167. The van der Waals surface area contributed by atoms with Crippen LogP contribution in [0.3, 0.4) is 0 Å². The zero-order valence-electron chi connectivity index (χ0n) is 12.6. The number of benzene rings is 1. The fourth-order valence-corrected chi connectivity index (χ4v) is 2.34. The molecule has 1 N–H and O–H groups in total. The number of nitrogens with one attached hydrogen (secondary N) is 1. The molecule has 0 fully saturated rings. The molecule has 0 saturated heterocycles. The van der Waals surface area contributed by atoms with E-state index < -0.39 is 18.0 Å². The number of nitrogens with zero attached hydrogens (tertiary/aromatic N) is 1. The van der Waals surface area contributed by atoms with Crippen LogP contribution in [0.1, 0.15) is 23.0 Å². The van der Waals surface area contributed by atoms with Gasteiger partial charge in [0.15, 0.2) is 11.8 Å². The molecule has 0 unspecified atom stereocenters. The van der Waals surface area contributed by atoms with Crippen molar-refractivity contribution in [3.63, 3.8) is 0 Å². The first kappa shape index (κ1) is 18.5. The Labute approximate surface area is 153 Å². The highest BCUT2D eigenvalue weighted by Crippen LogP contribution is 2.31. The van der Waals surface area contributed by atoms with Crippen molar-refractivity contribution in [1.82, 2.24) is 10.3 Å². The third-order valence-corrected chi connectivity index (χ3v) is 4.31. The largest absolute Gasteiger partial charge is 0.448 e. The molecule has 0 radical (unpaired) electrons. The maximum atomic E-state index is 12.1. The van der Waals surface area contributed by atoms with E-state index >= 15 is 0 Å². The number of rotatable bonds is 5. The quantitative estimate of drug-likeness (QED) is 0.790. The van der Waals surface area contributed by atoms with Gasteiger partial charge >= 0.3 is 5.97 Å². The van der Waals surface area contributed by atoms with Crippen molar-refractivity contribution >= 4 is 46.7 Å². The predicted octanol–water partition coefficient (Wildman–Crippen LogP) is 3.90. The number of hydrogen-bond acceptors (Lipinski definition) is 4. The summed E-state index contributed by atoms with van der Waals surface area (Å²) >= 11 is 17.5. The lowest BCUT2D eigenvalue weighted by molar-refractivity contribution is -0.129. The van der Waals surface area contributed by atoms with Crippen LogP contribution in [-0.2, 0) is 16.1 Å². The van der Waals surface area contributed by atoms with Gasteiger partial charge in [-0.05, 0) is 12.5 Å². The Morgan fingerprint density at radius 3 is 2.50 bits per heavy atom. The first-order valence-corrected chi connectivity index (χ1v) is 8.05. The third kappa shape index (κ3) is 4.60. The van der Waals surface area contributed by atoms with Gasteiger partial charge in [-0.3, -0.25) is 4.79 Å². The van der Waals surface area contributed by atoms with E-state index in [-0.39, 0.29) is 20.8 Å². The summed E-state index contributed by atoms with van der Waals surface area (Å²) in [7, 11) is 0. The summed E-state index contributed by atoms with van der Waals surface area (Å²) in [4.78, 5) is 27.9. The zero-order valence-corrected chi connectivity index (χ0v) is 14.8. The molecule has 0 bridgehead atoms. The molecule has 1 aromatic heterocycles. The summed E-state index contributed by atoms with van der Waals surface area (Å²) in [5.41, 5.74) is 0.729. The topological polar surface area (TPSA) is 68.3 Å². The molecule has 1 atom stereocenters. The fourth-order valence-electron chi connectivity index (χ4n) is 1.78. The van der Waals surface area contributed by atoms with Gasteiger partial charge < -0.3 is 10.1 Å². The van der Waals surface area contributed by atoms with Crippen molar-refractivity contribution in [2.24, 2.45) is 0 Å². The lowest BCUT2D eigenvalue weighted by Gasteiger charge is -2.14. The minimum absolute atomic E-state index is 0.00136. The number of aromatic nitrogens is 1. The average Bonchev–Trinajstić information content (AvgIpc) is 2.58. The van der Waals surface area contributed by atoms with E-state index in [1.807, 2.05) is 30.3 Å². The van der Waals surface area contributed by atoms with Gasteiger partial charge in [0.2, 0.25) is 0 Å². The molecule has 0 aliphatic rings. The molecule has 0 saturated carbocycles. The average molecular weight is 388 g/mol. The van der Waals surface area contributed by atoms with Crippen LogP contribution in [0.5, 0.6) is 0 Å². The zero-order chi connectivity index (χ0) is 17.7. The van der Waals surface area contributed by atoms with Crippen LogP contribution in [0.25, 0.3) is 0 Å². The van der Waals surface area contributed by atoms with Crippen molar-refractivity contribution in [3.8, 4) is 0 Å². The molecule has 126 valence electrons. The Morgan fingerprint density at radius 1 is 1.17 bits per heavy atom. The molecule has 2 aromatic rings. The number of halogens is 3. The van der Waals surface area contributed by atoms with Gasteiger partial charge in [0.25, 0.3) is 5.91 Å². The third-order valence-electron chi connectivity index (χ3n) is 3.07. The number of pyridine rings is 1. The standard InChI is InChI=1S/C16H13Cl3N2O3/c1-9(15(22)21-7-10-5-3-2-4-6-10)24-16(23)14-13(19)12(18)11(17)8-20-14/h2-6,8-9H,7H2,1H3,(H,21,22)/t9-/m0/s1. The number of carbonyl (C=O) groups excluding carboxylic acids is 2. The van der Waals surface area contributed by atoms with E-state index in [0.717, 1.165) is 5.56 Å². The molecule has 5 nitrogen and oxygen atoms in total. The summed E-state index contributed by atoms with van der Waals surface area (Å²) in [6.45, 7) is 1.77. The van der Waals surface area contributed by atoms with Crippen molar-refractivity contribution in [2.45, 2.75) is 19.6 Å². The van der Waals surface area contributed by atoms with Crippen LogP contribution in [0.15, 0.2) is 36.5 Å². The SMILES string of the molecule is C[C@H](OC(=O)c1ncc(Cl)c(Cl)c1Cl)C(=O)NCc1ccccc1. The molecule has 24 heavy (non-hydrogen) atoms. The lowest BCUT2D eigenvalue weighted by Crippen LogP contribution is -2.35. The van der Waals surface area contributed by atoms with Crippen molar-refractivity contribution in [3.05, 3.63) is 62.9 Å². The Bertz CT molecular complexity index is 754. The second-order valence-corrected chi connectivity index (χ2v) is 6.00. The molecule has 0 aliphatic carbocycles. The monoisotopic (exact) mass is 386 g/mol. The molecular weight excluding hydrogens is 375 g/mol. The number of carbonyl (C=O) groups is 2.